The summed E-state index contributed by atoms with van der Waals surface area (Å²) in [6.45, 7) is 1.66. The highest BCUT2D eigenvalue weighted by Crippen LogP contribution is 2.15. The van der Waals surface area contributed by atoms with Crippen LogP contribution in [-0.4, -0.2) is 15.6 Å². The molecule has 0 radical (unpaired) electrons. The molecule has 150 valence electrons. The number of aromatic nitrogens is 3. The Labute approximate surface area is 177 Å². The van der Waals surface area contributed by atoms with Crippen LogP contribution in [0.3, 0.4) is 0 Å². The molecule has 1 aliphatic heterocycles. The molecular weight excluding hydrogens is 435 g/mol. The van der Waals surface area contributed by atoms with Gasteiger partial charge in [0.2, 0.25) is 5.82 Å². The molecule has 7 heteroatoms. The number of Topliss-reactive ketones (excluding diaryl/α,β-unsaturated/α-hetero) is 1. The van der Waals surface area contributed by atoms with E-state index in [2.05, 4.69) is 25.8 Å². The van der Waals surface area contributed by atoms with Gasteiger partial charge in [0.15, 0.2) is 12.3 Å². The molecule has 3 aromatic rings. The fourth-order valence-electron chi connectivity index (χ4n) is 3.66. The van der Waals surface area contributed by atoms with Gasteiger partial charge in [-0.3, -0.25) is 4.79 Å². The van der Waals surface area contributed by atoms with Crippen LogP contribution in [0.2, 0.25) is 0 Å². The van der Waals surface area contributed by atoms with E-state index in [4.69, 9.17) is 5.10 Å². The summed E-state index contributed by atoms with van der Waals surface area (Å²) in [6.07, 6.45) is 4.29. The van der Waals surface area contributed by atoms with Gasteiger partial charge in [-0.15, -0.1) is 4.68 Å². The third kappa shape index (κ3) is 4.72. The molecule has 29 heavy (non-hydrogen) atoms. The third-order valence-corrected chi connectivity index (χ3v) is 5.72. The fraction of sp³-hybridized carbons (Fsp3) is 0.318. The highest BCUT2D eigenvalue weighted by Gasteiger charge is 2.28. The maximum absolute atomic E-state index is 13.1. The molecule has 0 atom stereocenters. The van der Waals surface area contributed by atoms with Gasteiger partial charge in [-0.2, -0.15) is 0 Å². The van der Waals surface area contributed by atoms with Crippen LogP contribution in [0.5, 0.6) is 0 Å². The number of rotatable bonds is 6. The summed E-state index contributed by atoms with van der Waals surface area (Å²) in [7, 11) is 0. The summed E-state index contributed by atoms with van der Waals surface area (Å²) in [5.41, 5.74) is 1.52. The van der Waals surface area contributed by atoms with Crippen LogP contribution in [0.1, 0.15) is 41.3 Å². The first-order valence-corrected chi connectivity index (χ1v) is 10.7. The van der Waals surface area contributed by atoms with Crippen molar-refractivity contribution in [2.24, 2.45) is 0 Å². The van der Waals surface area contributed by atoms with Crippen molar-refractivity contribution in [3.8, 4) is 0 Å². The van der Waals surface area contributed by atoms with Gasteiger partial charge in [0.25, 0.3) is 5.82 Å². The Hall–Kier alpha value is -2.54. The van der Waals surface area contributed by atoms with Crippen molar-refractivity contribution >= 4 is 27.4 Å². The summed E-state index contributed by atoms with van der Waals surface area (Å²) >= 11 is 3.40. The number of nitrogens with zero attached hydrogens (tertiary/aromatic N) is 3. The van der Waals surface area contributed by atoms with Crippen LogP contribution in [-0.2, 0) is 26.1 Å². The molecule has 0 spiro atoms. The Morgan fingerprint density at radius 3 is 2.62 bits per heavy atom. The van der Waals surface area contributed by atoms with Crippen molar-refractivity contribution in [3.05, 3.63) is 76.0 Å². The van der Waals surface area contributed by atoms with Crippen molar-refractivity contribution in [2.45, 2.75) is 45.3 Å². The lowest BCUT2D eigenvalue weighted by molar-refractivity contribution is -0.710. The minimum absolute atomic E-state index is 0.0469. The predicted molar refractivity (Wildman–Crippen MR) is 112 cm³/mol. The summed E-state index contributed by atoms with van der Waals surface area (Å²) < 4.78 is 18.2. The number of anilines is 1. The maximum Gasteiger partial charge on any atom is 0.296 e. The molecule has 1 aliphatic rings. The molecule has 1 N–H and O–H groups in total. The topological polar surface area (TPSA) is 50.8 Å². The number of carbonyl (C=O) groups excluding carboxylic acids is 1. The second-order valence-electron chi connectivity index (χ2n) is 7.24. The fourth-order valence-corrected chi connectivity index (χ4v) is 3.92. The van der Waals surface area contributed by atoms with E-state index in [-0.39, 0.29) is 18.1 Å². The number of hydrogen-bond acceptors (Lipinski definition) is 3. The first kappa shape index (κ1) is 19.8. The quantitative estimate of drug-likeness (QED) is 0.443. The SMILES string of the molecule is O=C(Cn1nc(CNc2ccc(F)cc2)[n+]2c1CCCCC2)c1ccc(Br)cc1. The minimum atomic E-state index is -0.255. The van der Waals surface area contributed by atoms with Crippen LogP contribution in [0.15, 0.2) is 53.0 Å². The minimum Gasteiger partial charge on any atom is -0.375 e. The van der Waals surface area contributed by atoms with E-state index in [0.717, 1.165) is 47.6 Å². The Balaban J connectivity index is 1.56. The van der Waals surface area contributed by atoms with Gasteiger partial charge in [0.05, 0.1) is 6.54 Å². The molecule has 1 aromatic heterocycles. The zero-order valence-electron chi connectivity index (χ0n) is 16.1. The Morgan fingerprint density at radius 1 is 1.10 bits per heavy atom. The van der Waals surface area contributed by atoms with Crippen LogP contribution < -0.4 is 9.88 Å². The average molecular weight is 458 g/mol. The molecule has 0 bridgehead atoms. The zero-order chi connectivity index (χ0) is 20.2. The van der Waals surface area contributed by atoms with E-state index < -0.39 is 0 Å². The highest BCUT2D eigenvalue weighted by atomic mass is 79.9. The van der Waals surface area contributed by atoms with Gasteiger partial charge in [-0.05, 0) is 55.7 Å². The molecule has 5 nitrogen and oxygen atoms in total. The number of halogens is 2. The predicted octanol–water partition coefficient (Wildman–Crippen LogP) is 4.29. The summed E-state index contributed by atoms with van der Waals surface area (Å²) in [5, 5.41) is 8.07. The number of ketones is 1. The van der Waals surface area contributed by atoms with Crippen LogP contribution >= 0.6 is 15.9 Å². The maximum atomic E-state index is 13.1. The molecule has 0 unspecified atom stereocenters. The van der Waals surface area contributed by atoms with E-state index in [0.29, 0.717) is 12.1 Å². The summed E-state index contributed by atoms with van der Waals surface area (Å²) in [6, 6.07) is 13.7. The average Bonchev–Trinajstić information content (AvgIpc) is 2.89. The van der Waals surface area contributed by atoms with Crippen molar-refractivity contribution in [2.75, 3.05) is 5.32 Å². The lowest BCUT2D eigenvalue weighted by Crippen LogP contribution is -2.41. The molecule has 0 saturated carbocycles. The molecule has 0 fully saturated rings. The molecule has 0 aliphatic carbocycles. The van der Waals surface area contributed by atoms with Crippen molar-refractivity contribution < 1.29 is 13.8 Å². The van der Waals surface area contributed by atoms with Gasteiger partial charge in [-0.25, -0.2) is 8.96 Å². The number of carbonyl (C=O) groups is 1. The van der Waals surface area contributed by atoms with E-state index in [1.807, 2.05) is 28.9 Å². The number of nitrogens with one attached hydrogen (secondary N) is 1. The van der Waals surface area contributed by atoms with Crippen LogP contribution in [0.4, 0.5) is 10.1 Å². The lowest BCUT2D eigenvalue weighted by Gasteiger charge is -2.04. The largest absolute Gasteiger partial charge is 0.375 e. The van der Waals surface area contributed by atoms with Gasteiger partial charge in [-0.1, -0.05) is 28.1 Å². The molecular formula is C22H23BrFN4O+. The van der Waals surface area contributed by atoms with E-state index >= 15 is 0 Å². The Bertz CT molecular complexity index is 999. The van der Waals surface area contributed by atoms with Crippen molar-refractivity contribution in [3.63, 3.8) is 0 Å². The summed E-state index contributed by atoms with van der Waals surface area (Å²) in [5.74, 6) is 1.79. The first-order chi connectivity index (χ1) is 14.1. The van der Waals surface area contributed by atoms with E-state index in [1.54, 1.807) is 12.1 Å². The Kier molecular flexibility index (Phi) is 6.04. The standard InChI is InChI=1S/C22H23BrFN4O/c23-17-7-5-16(6-8-17)20(29)15-28-22-4-2-1-3-13-27(22)21(26-28)14-25-19-11-9-18(24)10-12-19/h5-12,25H,1-4,13-15H2/q+1. The molecule has 0 amide bonds. The monoisotopic (exact) mass is 457 g/mol. The van der Waals surface area contributed by atoms with E-state index in [9.17, 15) is 9.18 Å². The number of hydrogen-bond donors (Lipinski definition) is 1. The van der Waals surface area contributed by atoms with Gasteiger partial charge < -0.3 is 5.32 Å². The Morgan fingerprint density at radius 2 is 1.86 bits per heavy atom. The highest BCUT2D eigenvalue weighted by molar-refractivity contribution is 9.10. The van der Waals surface area contributed by atoms with Crippen LogP contribution in [0.25, 0.3) is 0 Å². The normalized spacial score (nSPS) is 13.6. The molecule has 4 rings (SSSR count). The number of benzene rings is 2. The number of fused-ring (bicyclic) bond motifs is 1. The second kappa shape index (κ2) is 8.86. The lowest BCUT2D eigenvalue weighted by atomic mass is 10.1. The van der Waals surface area contributed by atoms with Crippen LogP contribution in [0, 0.1) is 5.82 Å². The summed E-state index contributed by atoms with van der Waals surface area (Å²) in [4.78, 5) is 12.8. The molecule has 2 heterocycles. The van der Waals surface area contributed by atoms with Gasteiger partial charge >= 0.3 is 0 Å². The molecule has 2 aromatic carbocycles. The first-order valence-electron chi connectivity index (χ1n) is 9.87. The molecule has 0 saturated heterocycles. The zero-order valence-corrected chi connectivity index (χ0v) is 17.7. The second-order valence-corrected chi connectivity index (χ2v) is 8.16. The van der Waals surface area contributed by atoms with Crippen molar-refractivity contribution in [1.82, 2.24) is 9.78 Å². The van der Waals surface area contributed by atoms with E-state index in [1.165, 1.54) is 18.6 Å². The smallest absolute Gasteiger partial charge is 0.296 e. The van der Waals surface area contributed by atoms with Gasteiger partial charge in [0.1, 0.15) is 12.4 Å². The van der Waals surface area contributed by atoms with Crippen molar-refractivity contribution in [1.29, 1.82) is 0 Å². The third-order valence-electron chi connectivity index (χ3n) is 5.19. The van der Waals surface area contributed by atoms with Gasteiger partial charge in [0, 0.05) is 27.2 Å².